The quantitative estimate of drug-likeness (QED) is 0.461. The molecule has 1 heterocycles. The van der Waals surface area contributed by atoms with Crippen molar-refractivity contribution < 1.29 is 4.74 Å². The zero-order valence-corrected chi connectivity index (χ0v) is 4.85. The Hall–Kier alpha value is -0.980. The lowest BCUT2D eigenvalue weighted by Crippen LogP contribution is -1.84. The standard InChI is InChI=1S/C7H8O/c1-6-3-4-8-7(2)5-6/h3-5H,1H2,2H3. The third kappa shape index (κ3) is 0.997. The zero-order chi connectivity index (χ0) is 5.98. The van der Waals surface area contributed by atoms with Crippen LogP contribution in [0.3, 0.4) is 0 Å². The van der Waals surface area contributed by atoms with Crippen LogP contribution >= 0.6 is 0 Å². The van der Waals surface area contributed by atoms with Gasteiger partial charge in [0.2, 0.25) is 0 Å². The third-order valence-corrected chi connectivity index (χ3v) is 0.925. The Bertz CT molecular complexity index is 163. The third-order valence-electron chi connectivity index (χ3n) is 0.925. The van der Waals surface area contributed by atoms with E-state index in [4.69, 9.17) is 4.74 Å². The molecular weight excluding hydrogens is 100 g/mol. The van der Waals surface area contributed by atoms with Crippen LogP contribution in [0.4, 0.5) is 0 Å². The normalized spacial score (nSPS) is 17.6. The minimum atomic E-state index is 0.900. The lowest BCUT2D eigenvalue weighted by molar-refractivity contribution is 0.349. The molecule has 1 nitrogen and oxygen atoms in total. The Labute approximate surface area is 49.0 Å². The second-order valence-electron chi connectivity index (χ2n) is 1.75. The van der Waals surface area contributed by atoms with Gasteiger partial charge in [-0.1, -0.05) is 6.58 Å². The molecule has 42 valence electrons. The molecule has 1 aliphatic rings. The molecule has 0 amide bonds. The van der Waals surface area contributed by atoms with Gasteiger partial charge in [0.1, 0.15) is 5.76 Å². The van der Waals surface area contributed by atoms with Crippen molar-refractivity contribution in [1.29, 1.82) is 0 Å². The maximum atomic E-state index is 4.97. The lowest BCUT2D eigenvalue weighted by Gasteiger charge is -2.03. The van der Waals surface area contributed by atoms with Crippen LogP contribution in [0.1, 0.15) is 6.92 Å². The molecule has 0 aromatic heterocycles. The zero-order valence-electron chi connectivity index (χ0n) is 4.85. The summed E-state index contributed by atoms with van der Waals surface area (Å²) in [6.07, 6.45) is 5.35. The highest BCUT2D eigenvalue weighted by Gasteiger charge is 1.92. The minimum Gasteiger partial charge on any atom is -0.470 e. The molecule has 1 rings (SSSR count). The topological polar surface area (TPSA) is 9.23 Å². The van der Waals surface area contributed by atoms with Gasteiger partial charge in [0.15, 0.2) is 0 Å². The molecule has 0 spiro atoms. The van der Waals surface area contributed by atoms with E-state index < -0.39 is 0 Å². The Morgan fingerprint density at radius 2 is 2.38 bits per heavy atom. The first-order chi connectivity index (χ1) is 3.79. The van der Waals surface area contributed by atoms with Gasteiger partial charge in [-0.2, -0.15) is 0 Å². The summed E-state index contributed by atoms with van der Waals surface area (Å²) in [5.74, 6) is 0.900. The fraction of sp³-hybridized carbons (Fsp3) is 0.143. The van der Waals surface area contributed by atoms with Crippen molar-refractivity contribution in [3.05, 3.63) is 36.3 Å². The minimum absolute atomic E-state index is 0.900. The van der Waals surface area contributed by atoms with E-state index in [9.17, 15) is 0 Å². The predicted molar refractivity (Wildman–Crippen MR) is 33.1 cm³/mol. The van der Waals surface area contributed by atoms with Crippen molar-refractivity contribution in [2.75, 3.05) is 0 Å². The number of ether oxygens (including phenoxy) is 1. The average Bonchev–Trinajstić information content (AvgIpc) is 1.64. The molecule has 0 aromatic rings. The first-order valence-electron chi connectivity index (χ1n) is 2.49. The van der Waals surface area contributed by atoms with Gasteiger partial charge in [-0.3, -0.25) is 0 Å². The summed E-state index contributed by atoms with van der Waals surface area (Å²) in [5.41, 5.74) is 0.994. The maximum Gasteiger partial charge on any atom is 0.101 e. The molecule has 0 atom stereocenters. The number of hydrogen-bond acceptors (Lipinski definition) is 1. The molecule has 0 aromatic carbocycles. The van der Waals surface area contributed by atoms with Gasteiger partial charge in [0.25, 0.3) is 0 Å². The Kier molecular flexibility index (Phi) is 1.20. The first kappa shape index (κ1) is 5.16. The number of allylic oxidation sites excluding steroid dienone is 4. The van der Waals surface area contributed by atoms with Crippen LogP contribution in [0, 0.1) is 0 Å². The SMILES string of the molecule is C=C1C=COC(C)=C1. The molecule has 1 aliphatic heterocycles. The highest BCUT2D eigenvalue weighted by atomic mass is 16.5. The van der Waals surface area contributed by atoms with E-state index in [-0.39, 0.29) is 0 Å². The van der Waals surface area contributed by atoms with E-state index in [0.29, 0.717) is 0 Å². The van der Waals surface area contributed by atoms with Crippen molar-refractivity contribution in [1.82, 2.24) is 0 Å². The Morgan fingerprint density at radius 3 is 2.75 bits per heavy atom. The van der Waals surface area contributed by atoms with Crippen LogP contribution in [-0.4, -0.2) is 0 Å². The predicted octanol–water partition coefficient (Wildman–Crippen LogP) is 1.99. The van der Waals surface area contributed by atoms with Crippen LogP contribution in [0.5, 0.6) is 0 Å². The summed E-state index contributed by atoms with van der Waals surface area (Å²) in [7, 11) is 0. The van der Waals surface area contributed by atoms with Gasteiger partial charge < -0.3 is 4.74 Å². The van der Waals surface area contributed by atoms with E-state index in [2.05, 4.69) is 6.58 Å². The average molecular weight is 108 g/mol. The second-order valence-corrected chi connectivity index (χ2v) is 1.75. The van der Waals surface area contributed by atoms with Crippen LogP contribution in [0.2, 0.25) is 0 Å². The van der Waals surface area contributed by atoms with Crippen molar-refractivity contribution in [3.63, 3.8) is 0 Å². The molecule has 0 saturated carbocycles. The van der Waals surface area contributed by atoms with E-state index in [1.54, 1.807) is 6.26 Å². The van der Waals surface area contributed by atoms with Gasteiger partial charge in [-0.25, -0.2) is 0 Å². The van der Waals surface area contributed by atoms with Gasteiger partial charge in [0.05, 0.1) is 6.26 Å². The van der Waals surface area contributed by atoms with Gasteiger partial charge >= 0.3 is 0 Å². The summed E-state index contributed by atoms with van der Waals surface area (Å²) in [6.45, 7) is 5.62. The van der Waals surface area contributed by atoms with Crippen molar-refractivity contribution >= 4 is 0 Å². The van der Waals surface area contributed by atoms with Crippen LogP contribution in [0.15, 0.2) is 36.3 Å². The van der Waals surface area contributed by atoms with Gasteiger partial charge in [-0.05, 0) is 24.6 Å². The molecule has 0 radical (unpaired) electrons. The fourth-order valence-electron chi connectivity index (χ4n) is 0.572. The number of rotatable bonds is 0. The summed E-state index contributed by atoms with van der Waals surface area (Å²) in [6, 6.07) is 0. The molecule has 1 heteroatoms. The van der Waals surface area contributed by atoms with Crippen molar-refractivity contribution in [2.24, 2.45) is 0 Å². The molecule has 0 fully saturated rings. The largest absolute Gasteiger partial charge is 0.470 e. The Morgan fingerprint density at radius 1 is 1.62 bits per heavy atom. The summed E-state index contributed by atoms with van der Waals surface area (Å²) in [4.78, 5) is 0. The highest BCUT2D eigenvalue weighted by Crippen LogP contribution is 2.09. The van der Waals surface area contributed by atoms with Crippen LogP contribution in [-0.2, 0) is 4.74 Å². The van der Waals surface area contributed by atoms with E-state index in [1.165, 1.54) is 0 Å². The molecule has 0 N–H and O–H groups in total. The first-order valence-corrected chi connectivity index (χ1v) is 2.49. The maximum absolute atomic E-state index is 4.97. The monoisotopic (exact) mass is 108 g/mol. The summed E-state index contributed by atoms with van der Waals surface area (Å²) >= 11 is 0. The Balaban J connectivity index is 2.74. The van der Waals surface area contributed by atoms with Crippen molar-refractivity contribution in [3.8, 4) is 0 Å². The van der Waals surface area contributed by atoms with Gasteiger partial charge in [0, 0.05) is 0 Å². The van der Waals surface area contributed by atoms with Crippen LogP contribution in [0.25, 0.3) is 0 Å². The fourth-order valence-corrected chi connectivity index (χ4v) is 0.572. The van der Waals surface area contributed by atoms with E-state index in [1.807, 2.05) is 19.1 Å². The van der Waals surface area contributed by atoms with Crippen LogP contribution < -0.4 is 0 Å². The lowest BCUT2D eigenvalue weighted by atomic mass is 10.2. The molecule has 8 heavy (non-hydrogen) atoms. The summed E-state index contributed by atoms with van der Waals surface area (Å²) < 4.78 is 4.97. The molecule has 0 saturated heterocycles. The number of hydrogen-bond donors (Lipinski definition) is 0. The molecule has 0 bridgehead atoms. The molecule has 0 aliphatic carbocycles. The molecule has 0 unspecified atom stereocenters. The molecular formula is C7H8O. The van der Waals surface area contributed by atoms with E-state index in [0.717, 1.165) is 11.3 Å². The van der Waals surface area contributed by atoms with Gasteiger partial charge in [-0.15, -0.1) is 0 Å². The van der Waals surface area contributed by atoms with Crippen molar-refractivity contribution in [2.45, 2.75) is 6.92 Å². The second kappa shape index (κ2) is 1.86. The highest BCUT2D eigenvalue weighted by molar-refractivity contribution is 5.30. The smallest absolute Gasteiger partial charge is 0.101 e. The summed E-state index contributed by atoms with van der Waals surface area (Å²) in [5, 5.41) is 0. The van der Waals surface area contributed by atoms with E-state index >= 15 is 0 Å².